The van der Waals surface area contributed by atoms with Gasteiger partial charge in [0.15, 0.2) is 0 Å². The van der Waals surface area contributed by atoms with Crippen molar-refractivity contribution in [2.24, 2.45) is 21.7 Å². The summed E-state index contributed by atoms with van der Waals surface area (Å²) >= 11 is 0. The van der Waals surface area contributed by atoms with Crippen LogP contribution in [0.5, 0.6) is 0 Å². The van der Waals surface area contributed by atoms with Crippen LogP contribution < -0.4 is 0 Å². The predicted octanol–water partition coefficient (Wildman–Crippen LogP) is 6.02. The lowest BCUT2D eigenvalue weighted by Crippen LogP contribution is -2.45. The van der Waals surface area contributed by atoms with Crippen LogP contribution in [-0.4, -0.2) is 29.9 Å². The predicted molar refractivity (Wildman–Crippen MR) is 126 cm³/mol. The van der Waals surface area contributed by atoms with Crippen LogP contribution in [-0.2, 0) is 23.9 Å². The van der Waals surface area contributed by atoms with E-state index in [1.807, 2.05) is 82.2 Å². The van der Waals surface area contributed by atoms with Crippen molar-refractivity contribution in [1.29, 1.82) is 5.26 Å². The maximum absolute atomic E-state index is 12.4. The summed E-state index contributed by atoms with van der Waals surface area (Å²) in [7, 11) is 0. The number of nitriles is 1. The quantitative estimate of drug-likeness (QED) is 0.375. The zero-order valence-electron chi connectivity index (χ0n) is 22.2. The zero-order valence-corrected chi connectivity index (χ0v) is 22.2. The van der Waals surface area contributed by atoms with Crippen LogP contribution in [0.15, 0.2) is 0 Å². The molecule has 184 valence electrons. The van der Waals surface area contributed by atoms with Gasteiger partial charge in [-0.2, -0.15) is 5.26 Å². The number of esters is 2. The minimum absolute atomic E-state index is 0.142. The van der Waals surface area contributed by atoms with Crippen molar-refractivity contribution in [3.63, 3.8) is 0 Å². The molecule has 6 nitrogen and oxygen atoms in total. The summed E-state index contributed by atoms with van der Waals surface area (Å²) < 4.78 is 10.7. The van der Waals surface area contributed by atoms with Gasteiger partial charge in [-0.3, -0.25) is 14.4 Å². The van der Waals surface area contributed by atoms with Crippen LogP contribution in [0.4, 0.5) is 0 Å². The summed E-state index contributed by atoms with van der Waals surface area (Å²) in [6.45, 7) is 21.8. The van der Waals surface area contributed by atoms with Gasteiger partial charge in [-0.25, -0.2) is 0 Å². The molecule has 0 heterocycles. The molecule has 1 rings (SSSR count). The molecule has 0 aromatic heterocycles. The second-order valence-corrected chi connectivity index (χ2v) is 12.2. The Hall–Kier alpha value is -1.90. The fraction of sp³-hybridized carbons (Fsp3) is 0.846. The Bertz CT molecular complexity index is 704. The van der Waals surface area contributed by atoms with Gasteiger partial charge in [0.25, 0.3) is 0 Å². The molecular formula is C26H45NO5. The first-order valence-electron chi connectivity index (χ1n) is 11.5. The second kappa shape index (κ2) is 10.8. The highest BCUT2D eigenvalue weighted by molar-refractivity contribution is 5.80. The van der Waals surface area contributed by atoms with E-state index in [0.717, 1.165) is 0 Å². The highest BCUT2D eigenvalue weighted by Gasteiger charge is 2.45. The average Bonchev–Trinajstić information content (AvgIpc) is 2.63. The van der Waals surface area contributed by atoms with E-state index in [2.05, 4.69) is 0 Å². The van der Waals surface area contributed by atoms with Crippen molar-refractivity contribution in [3.05, 3.63) is 0 Å². The number of ether oxygens (including phenoxy) is 2. The highest BCUT2D eigenvalue weighted by atomic mass is 16.6. The Morgan fingerprint density at radius 1 is 0.875 bits per heavy atom. The molecule has 1 aliphatic rings. The molecule has 0 atom stereocenters. The van der Waals surface area contributed by atoms with Crippen LogP contribution in [0.1, 0.15) is 108 Å². The Balaban J connectivity index is 0.000000622. The standard InChI is InChI=1S/C15H26O3.C11H19NO2/c1-13(2,3)14(4,5)12(17)18-15(6)9-7-11(16)8-10-15;1-10(2,3)11(4,5)9(13)14-8-6-7-12/h7-10H2,1-6H3;6,8H2,1-5H3. The van der Waals surface area contributed by atoms with Crippen molar-refractivity contribution in [2.75, 3.05) is 6.61 Å². The van der Waals surface area contributed by atoms with Gasteiger partial charge in [-0.1, -0.05) is 41.5 Å². The first-order chi connectivity index (χ1) is 14.2. The monoisotopic (exact) mass is 451 g/mol. The van der Waals surface area contributed by atoms with Crippen LogP contribution >= 0.6 is 0 Å². The van der Waals surface area contributed by atoms with Gasteiger partial charge >= 0.3 is 11.9 Å². The third-order valence-electron chi connectivity index (χ3n) is 7.42. The highest BCUT2D eigenvalue weighted by Crippen LogP contribution is 2.41. The molecule has 0 aliphatic heterocycles. The summed E-state index contributed by atoms with van der Waals surface area (Å²) in [5.41, 5.74) is -1.81. The molecule has 1 fully saturated rings. The molecule has 0 radical (unpaired) electrons. The number of hydrogen-bond acceptors (Lipinski definition) is 6. The molecule has 0 aromatic carbocycles. The van der Waals surface area contributed by atoms with E-state index in [4.69, 9.17) is 14.7 Å². The molecular weight excluding hydrogens is 406 g/mol. The van der Waals surface area contributed by atoms with E-state index in [1.165, 1.54) is 0 Å². The molecule has 0 spiro atoms. The molecule has 1 aliphatic carbocycles. The summed E-state index contributed by atoms with van der Waals surface area (Å²) in [5.74, 6) is -0.120. The molecule has 6 heteroatoms. The van der Waals surface area contributed by atoms with Crippen molar-refractivity contribution >= 4 is 17.7 Å². The Morgan fingerprint density at radius 2 is 1.28 bits per heavy atom. The molecule has 0 bridgehead atoms. The van der Waals surface area contributed by atoms with Gasteiger partial charge in [0.1, 0.15) is 18.0 Å². The van der Waals surface area contributed by atoms with E-state index in [-0.39, 0.29) is 41.6 Å². The smallest absolute Gasteiger partial charge is 0.312 e. The lowest BCUT2D eigenvalue weighted by Gasteiger charge is -2.41. The largest absolute Gasteiger partial charge is 0.464 e. The summed E-state index contributed by atoms with van der Waals surface area (Å²) in [6, 6.07) is 1.94. The number of carbonyl (C=O) groups excluding carboxylic acids is 3. The Labute approximate surface area is 195 Å². The molecule has 0 unspecified atom stereocenters. The van der Waals surface area contributed by atoms with Crippen molar-refractivity contribution in [2.45, 2.75) is 114 Å². The van der Waals surface area contributed by atoms with E-state index >= 15 is 0 Å². The molecule has 0 N–H and O–H groups in total. The maximum atomic E-state index is 12.4. The van der Waals surface area contributed by atoms with Crippen LogP contribution in [0.3, 0.4) is 0 Å². The number of rotatable bonds is 5. The first kappa shape index (κ1) is 30.1. The van der Waals surface area contributed by atoms with E-state index in [0.29, 0.717) is 25.7 Å². The topological polar surface area (TPSA) is 93.5 Å². The average molecular weight is 452 g/mol. The van der Waals surface area contributed by atoms with E-state index in [1.54, 1.807) is 0 Å². The van der Waals surface area contributed by atoms with Gasteiger partial charge in [0.05, 0.1) is 23.3 Å². The second-order valence-electron chi connectivity index (χ2n) is 12.2. The van der Waals surface area contributed by atoms with Gasteiger partial charge in [0, 0.05) is 12.8 Å². The van der Waals surface area contributed by atoms with Gasteiger partial charge < -0.3 is 9.47 Å². The van der Waals surface area contributed by atoms with Crippen molar-refractivity contribution < 1.29 is 23.9 Å². The third kappa shape index (κ3) is 8.22. The van der Waals surface area contributed by atoms with E-state index in [9.17, 15) is 14.4 Å². The summed E-state index contributed by atoms with van der Waals surface area (Å²) in [5, 5.41) is 8.30. The fourth-order valence-electron chi connectivity index (χ4n) is 2.49. The zero-order chi connectivity index (χ0) is 25.6. The number of carbonyl (C=O) groups is 3. The number of nitrogens with zero attached hydrogens (tertiary/aromatic N) is 1. The molecule has 32 heavy (non-hydrogen) atoms. The Morgan fingerprint density at radius 3 is 1.66 bits per heavy atom. The van der Waals surface area contributed by atoms with Crippen LogP contribution in [0.2, 0.25) is 0 Å². The SMILES string of the molecule is CC(C)(C)C(C)(C)C(=O)OCCC#N.CC1(OC(=O)C(C)(C)C(C)(C)C)CCC(=O)CC1. The van der Waals surface area contributed by atoms with Crippen molar-refractivity contribution in [1.82, 2.24) is 0 Å². The lowest BCUT2D eigenvalue weighted by molar-refractivity contribution is -0.179. The summed E-state index contributed by atoms with van der Waals surface area (Å²) in [4.78, 5) is 35.3. The number of ketones is 1. The molecule has 1 saturated carbocycles. The number of Topliss-reactive ketones (excluding diaryl/α,β-unsaturated/α-hetero) is 1. The van der Waals surface area contributed by atoms with E-state index < -0.39 is 16.4 Å². The van der Waals surface area contributed by atoms with Gasteiger partial charge in [-0.15, -0.1) is 0 Å². The van der Waals surface area contributed by atoms with Gasteiger partial charge in [-0.05, 0) is 58.3 Å². The Kier molecular flexibility index (Phi) is 10.2. The molecule has 0 aromatic rings. The first-order valence-corrected chi connectivity index (χ1v) is 11.5. The minimum atomic E-state index is -0.530. The normalized spacial score (nSPS) is 16.9. The van der Waals surface area contributed by atoms with Crippen LogP contribution in [0, 0.1) is 33.0 Å². The van der Waals surface area contributed by atoms with Crippen molar-refractivity contribution in [3.8, 4) is 6.07 Å². The minimum Gasteiger partial charge on any atom is -0.464 e. The number of hydrogen-bond donors (Lipinski definition) is 0. The van der Waals surface area contributed by atoms with Crippen LogP contribution in [0.25, 0.3) is 0 Å². The van der Waals surface area contributed by atoms with Gasteiger partial charge in [0.2, 0.25) is 0 Å². The fourth-order valence-corrected chi connectivity index (χ4v) is 2.49. The summed E-state index contributed by atoms with van der Waals surface area (Å²) in [6.07, 6.45) is 2.61. The molecule has 0 saturated heterocycles. The maximum Gasteiger partial charge on any atom is 0.312 e. The lowest BCUT2D eigenvalue weighted by atomic mass is 9.69. The third-order valence-corrected chi connectivity index (χ3v) is 7.42. The molecule has 0 amide bonds.